The summed E-state index contributed by atoms with van der Waals surface area (Å²) in [5.74, 6) is 0.292. The van der Waals surface area contributed by atoms with E-state index in [4.69, 9.17) is 21.4 Å². The van der Waals surface area contributed by atoms with Crippen LogP contribution >= 0.6 is 11.6 Å². The zero-order valence-electron chi connectivity index (χ0n) is 9.36. The zero-order valence-corrected chi connectivity index (χ0v) is 10.1. The highest BCUT2D eigenvalue weighted by Crippen LogP contribution is 2.19. The molecule has 1 aromatic heterocycles. The first kappa shape index (κ1) is 12.5. The molecule has 0 unspecified atom stereocenters. The molecule has 4 nitrogen and oxygen atoms in total. The molecule has 0 saturated heterocycles. The Hall–Kier alpha value is -1.93. The highest BCUT2D eigenvalue weighted by Gasteiger charge is 2.11. The number of halogens is 2. The van der Waals surface area contributed by atoms with Crippen molar-refractivity contribution >= 4 is 11.6 Å². The summed E-state index contributed by atoms with van der Waals surface area (Å²) < 4.78 is 18.6. The third kappa shape index (κ3) is 2.84. The second kappa shape index (κ2) is 5.61. The first-order valence-electron chi connectivity index (χ1n) is 5.32. The molecular weight excluding hydrogens is 257 g/mol. The van der Waals surface area contributed by atoms with Crippen LogP contribution in [0.25, 0.3) is 0 Å². The van der Waals surface area contributed by atoms with Gasteiger partial charge >= 0.3 is 0 Å². The number of nitrogens with zero attached hydrogens (tertiary/aromatic N) is 3. The predicted octanol–water partition coefficient (Wildman–Crippen LogP) is 2.91. The molecule has 1 aromatic carbocycles. The van der Waals surface area contributed by atoms with E-state index in [0.29, 0.717) is 30.1 Å². The quantitative estimate of drug-likeness (QED) is 0.853. The summed E-state index contributed by atoms with van der Waals surface area (Å²) in [5.41, 5.74) is 0.412. The average molecular weight is 266 g/mol. The lowest BCUT2D eigenvalue weighted by molar-refractivity contribution is 0.374. The molecule has 2 rings (SSSR count). The molecule has 0 atom stereocenters. The molecule has 0 saturated carbocycles. The molecule has 92 valence electrons. The van der Waals surface area contributed by atoms with Crippen LogP contribution in [0, 0.1) is 17.1 Å². The topological polar surface area (TPSA) is 62.7 Å². The Bertz CT molecular complexity index is 591. The van der Waals surface area contributed by atoms with E-state index in [1.807, 2.05) is 6.07 Å². The fraction of sp³-hybridized carbons (Fsp3) is 0.250. The number of hydrogen-bond acceptors (Lipinski definition) is 4. The first-order chi connectivity index (χ1) is 8.70. The smallest absolute Gasteiger partial charge is 0.227 e. The molecule has 0 radical (unpaired) electrons. The van der Waals surface area contributed by atoms with Crippen LogP contribution in [0.1, 0.15) is 23.7 Å². The van der Waals surface area contributed by atoms with E-state index in [9.17, 15) is 4.39 Å². The summed E-state index contributed by atoms with van der Waals surface area (Å²) in [5, 5.41) is 12.2. The number of nitriles is 1. The molecule has 0 amide bonds. The molecule has 0 fully saturated rings. The Balaban J connectivity index is 2.12. The second-order valence-corrected chi connectivity index (χ2v) is 4.06. The van der Waals surface area contributed by atoms with Gasteiger partial charge in [0.2, 0.25) is 5.89 Å². The van der Waals surface area contributed by atoms with Gasteiger partial charge in [-0.05, 0) is 11.6 Å². The van der Waals surface area contributed by atoms with Crippen LogP contribution in [-0.4, -0.2) is 10.1 Å². The van der Waals surface area contributed by atoms with E-state index in [1.165, 1.54) is 6.07 Å². The van der Waals surface area contributed by atoms with Crippen molar-refractivity contribution in [3.63, 3.8) is 0 Å². The van der Waals surface area contributed by atoms with E-state index >= 15 is 0 Å². The molecule has 6 heteroatoms. The highest BCUT2D eigenvalue weighted by molar-refractivity contribution is 6.30. The standard InChI is InChI=1S/C12H9ClFN3O/c13-9-4-1-3-8(12(9)14)7-10-16-11(18-17-10)5-2-6-15/h1,3-4H,2,5,7H2. The average Bonchev–Trinajstić information content (AvgIpc) is 2.80. The maximum atomic E-state index is 13.6. The van der Waals surface area contributed by atoms with Gasteiger partial charge in [-0.25, -0.2) is 4.39 Å². The lowest BCUT2D eigenvalue weighted by Gasteiger charge is -2.00. The van der Waals surface area contributed by atoms with E-state index in [0.717, 1.165) is 0 Å². The molecule has 0 aliphatic carbocycles. The molecule has 0 bridgehead atoms. The molecule has 2 aromatic rings. The minimum atomic E-state index is -0.470. The van der Waals surface area contributed by atoms with Crippen LogP contribution in [-0.2, 0) is 12.8 Å². The summed E-state index contributed by atoms with van der Waals surface area (Å²) in [7, 11) is 0. The van der Waals surface area contributed by atoms with Gasteiger partial charge in [0.1, 0.15) is 5.82 Å². The number of aromatic nitrogens is 2. The number of benzene rings is 1. The van der Waals surface area contributed by atoms with Gasteiger partial charge in [-0.15, -0.1) is 0 Å². The van der Waals surface area contributed by atoms with Gasteiger partial charge in [0, 0.05) is 19.3 Å². The van der Waals surface area contributed by atoms with Crippen molar-refractivity contribution in [1.29, 1.82) is 5.26 Å². The fourth-order valence-electron chi connectivity index (χ4n) is 1.48. The lowest BCUT2D eigenvalue weighted by atomic mass is 10.1. The predicted molar refractivity (Wildman–Crippen MR) is 62.4 cm³/mol. The minimum absolute atomic E-state index is 0.0701. The molecule has 0 aliphatic rings. The van der Waals surface area contributed by atoms with Crippen molar-refractivity contribution in [3.05, 3.63) is 46.3 Å². The maximum Gasteiger partial charge on any atom is 0.227 e. The van der Waals surface area contributed by atoms with E-state index < -0.39 is 5.82 Å². The van der Waals surface area contributed by atoms with E-state index in [-0.39, 0.29) is 11.4 Å². The Morgan fingerprint density at radius 3 is 3.06 bits per heavy atom. The van der Waals surface area contributed by atoms with Gasteiger partial charge in [0.05, 0.1) is 11.1 Å². The largest absolute Gasteiger partial charge is 0.339 e. The van der Waals surface area contributed by atoms with Gasteiger partial charge in [0.25, 0.3) is 0 Å². The summed E-state index contributed by atoms with van der Waals surface area (Å²) in [6.45, 7) is 0. The minimum Gasteiger partial charge on any atom is -0.339 e. The molecule has 0 aliphatic heterocycles. The molecular formula is C12H9ClFN3O. The van der Waals surface area contributed by atoms with Crippen LogP contribution in [0.3, 0.4) is 0 Å². The Kier molecular flexibility index (Phi) is 3.90. The number of aryl methyl sites for hydroxylation is 1. The Morgan fingerprint density at radius 1 is 1.44 bits per heavy atom. The Labute approximate surface area is 108 Å². The van der Waals surface area contributed by atoms with Crippen molar-refractivity contribution in [3.8, 4) is 6.07 Å². The monoisotopic (exact) mass is 265 g/mol. The third-order valence-electron chi connectivity index (χ3n) is 2.34. The van der Waals surface area contributed by atoms with E-state index in [2.05, 4.69) is 10.1 Å². The van der Waals surface area contributed by atoms with Crippen LogP contribution in [0.15, 0.2) is 22.7 Å². The zero-order chi connectivity index (χ0) is 13.0. The van der Waals surface area contributed by atoms with Gasteiger partial charge in [-0.2, -0.15) is 10.2 Å². The highest BCUT2D eigenvalue weighted by atomic mass is 35.5. The van der Waals surface area contributed by atoms with Gasteiger partial charge in [0.15, 0.2) is 5.82 Å². The summed E-state index contributed by atoms with van der Waals surface area (Å²) in [4.78, 5) is 4.08. The fourth-order valence-corrected chi connectivity index (χ4v) is 1.68. The maximum absolute atomic E-state index is 13.6. The third-order valence-corrected chi connectivity index (χ3v) is 2.63. The van der Waals surface area contributed by atoms with Gasteiger partial charge < -0.3 is 4.52 Å². The second-order valence-electron chi connectivity index (χ2n) is 3.65. The lowest BCUT2D eigenvalue weighted by Crippen LogP contribution is -1.95. The number of rotatable bonds is 4. The Morgan fingerprint density at radius 2 is 2.28 bits per heavy atom. The normalized spacial score (nSPS) is 10.3. The van der Waals surface area contributed by atoms with Crippen molar-refractivity contribution in [2.45, 2.75) is 19.3 Å². The van der Waals surface area contributed by atoms with Gasteiger partial charge in [-0.3, -0.25) is 0 Å². The molecule has 0 N–H and O–H groups in total. The van der Waals surface area contributed by atoms with Crippen molar-refractivity contribution in [2.75, 3.05) is 0 Å². The van der Waals surface area contributed by atoms with Crippen molar-refractivity contribution in [1.82, 2.24) is 10.1 Å². The van der Waals surface area contributed by atoms with Gasteiger partial charge in [-0.1, -0.05) is 28.9 Å². The summed E-state index contributed by atoms with van der Waals surface area (Å²) in [6.07, 6.45) is 0.928. The van der Waals surface area contributed by atoms with Crippen LogP contribution in [0.5, 0.6) is 0 Å². The SMILES string of the molecule is N#CCCc1nc(Cc2cccc(Cl)c2F)no1. The summed E-state index contributed by atoms with van der Waals surface area (Å²) >= 11 is 5.68. The van der Waals surface area contributed by atoms with Crippen LogP contribution in [0.4, 0.5) is 4.39 Å². The van der Waals surface area contributed by atoms with Crippen LogP contribution < -0.4 is 0 Å². The molecule has 0 spiro atoms. The first-order valence-corrected chi connectivity index (χ1v) is 5.70. The number of hydrogen-bond donors (Lipinski definition) is 0. The van der Waals surface area contributed by atoms with Crippen molar-refractivity contribution in [2.24, 2.45) is 0 Å². The summed E-state index contributed by atoms with van der Waals surface area (Å²) in [6, 6.07) is 6.75. The van der Waals surface area contributed by atoms with Crippen LogP contribution in [0.2, 0.25) is 5.02 Å². The van der Waals surface area contributed by atoms with Crippen molar-refractivity contribution < 1.29 is 8.91 Å². The molecule has 18 heavy (non-hydrogen) atoms. The van der Waals surface area contributed by atoms with E-state index in [1.54, 1.807) is 12.1 Å². The molecule has 1 heterocycles.